The van der Waals surface area contributed by atoms with E-state index in [0.29, 0.717) is 41.3 Å². The van der Waals surface area contributed by atoms with Gasteiger partial charge in [-0.1, -0.05) is 27.7 Å². The number of amides is 2. The molecule has 0 N–H and O–H groups in total. The molecular formula is C24H36N8O4. The quantitative estimate of drug-likeness (QED) is 0.439. The van der Waals surface area contributed by atoms with E-state index in [0.717, 1.165) is 4.57 Å². The molecule has 2 amide bonds. The highest BCUT2D eigenvalue weighted by molar-refractivity contribution is 5.99. The first-order valence-corrected chi connectivity index (χ1v) is 11.6. The fraction of sp³-hybridized carbons (Fsp3) is 0.583. The summed E-state index contributed by atoms with van der Waals surface area (Å²) in [5, 5.41) is 0. The zero-order valence-electron chi connectivity index (χ0n) is 23.0. The molecule has 0 radical (unpaired) electrons. The topological polar surface area (TPSA) is 120 Å². The van der Waals surface area contributed by atoms with Gasteiger partial charge in [-0.15, -0.1) is 0 Å². The maximum Gasteiger partial charge on any atom is 0.332 e. The largest absolute Gasteiger partial charge is 0.343 e. The second kappa shape index (κ2) is 8.75. The summed E-state index contributed by atoms with van der Waals surface area (Å²) in [5.41, 5.74) is -0.973. The summed E-state index contributed by atoms with van der Waals surface area (Å²) in [6.45, 7) is 8.07. The van der Waals surface area contributed by atoms with Gasteiger partial charge in [0.2, 0.25) is 6.41 Å². The molecule has 3 aromatic heterocycles. The molecule has 3 heterocycles. The molecule has 0 fully saturated rings. The predicted octanol–water partition coefficient (Wildman–Crippen LogP) is 0.644. The number of anilines is 1. The lowest BCUT2D eigenvalue weighted by atomic mass is 9.74. The Hall–Kier alpha value is -3.70. The summed E-state index contributed by atoms with van der Waals surface area (Å²) < 4.78 is 5.94. The van der Waals surface area contributed by atoms with Crippen molar-refractivity contribution in [1.82, 2.24) is 33.1 Å². The highest BCUT2D eigenvalue weighted by Gasteiger charge is 2.39. The monoisotopic (exact) mass is 500 g/mol. The van der Waals surface area contributed by atoms with E-state index in [2.05, 4.69) is 0 Å². The number of carbonyl (C=O) groups is 2. The summed E-state index contributed by atoms with van der Waals surface area (Å²) in [6.07, 6.45) is 1.16. The van der Waals surface area contributed by atoms with Crippen molar-refractivity contribution >= 4 is 29.3 Å². The Kier molecular flexibility index (Phi) is 6.54. The van der Waals surface area contributed by atoms with Crippen LogP contribution in [0.25, 0.3) is 11.2 Å². The molecule has 0 unspecified atom stereocenters. The molecule has 3 rings (SSSR count). The van der Waals surface area contributed by atoms with E-state index in [1.807, 2.05) is 27.7 Å². The molecule has 12 heteroatoms. The van der Waals surface area contributed by atoms with Crippen LogP contribution < -0.4 is 16.1 Å². The van der Waals surface area contributed by atoms with E-state index in [9.17, 15) is 19.2 Å². The average Bonchev–Trinajstić information content (AvgIpc) is 3.32. The van der Waals surface area contributed by atoms with Crippen LogP contribution >= 0.6 is 0 Å². The zero-order chi connectivity index (χ0) is 27.5. The van der Waals surface area contributed by atoms with Crippen LogP contribution in [0.5, 0.6) is 0 Å². The molecular weight excluding hydrogens is 464 g/mol. The van der Waals surface area contributed by atoms with Crippen LogP contribution in [0, 0.1) is 0 Å². The number of carbonyl (C=O) groups excluding carboxylic acids is 2. The number of hydrogen-bond donors (Lipinski definition) is 0. The Bertz CT molecular complexity index is 1480. The first-order valence-electron chi connectivity index (χ1n) is 11.6. The maximum atomic E-state index is 13.0. The number of aryl methyl sites for hydroxylation is 2. The van der Waals surface area contributed by atoms with Gasteiger partial charge in [0.25, 0.3) is 11.5 Å². The fourth-order valence-corrected chi connectivity index (χ4v) is 5.22. The number of hydrogen-bond acceptors (Lipinski definition) is 6. The highest BCUT2D eigenvalue weighted by Crippen LogP contribution is 2.39. The smallest absolute Gasteiger partial charge is 0.332 e. The number of nitrogens with zero attached hydrogens (tertiary/aromatic N) is 8. The van der Waals surface area contributed by atoms with Gasteiger partial charge in [0.05, 0.1) is 0 Å². The summed E-state index contributed by atoms with van der Waals surface area (Å²) in [7, 11) is 11.5. The minimum absolute atomic E-state index is 0.262. The van der Waals surface area contributed by atoms with E-state index in [1.54, 1.807) is 51.4 Å². The fourth-order valence-electron chi connectivity index (χ4n) is 5.22. The molecule has 0 bridgehead atoms. The predicted molar refractivity (Wildman–Crippen MR) is 138 cm³/mol. The summed E-state index contributed by atoms with van der Waals surface area (Å²) in [6, 6.07) is 0. The van der Waals surface area contributed by atoms with Crippen molar-refractivity contribution < 1.29 is 9.59 Å². The number of rotatable bonds is 7. The van der Waals surface area contributed by atoms with Crippen molar-refractivity contribution in [2.45, 2.75) is 44.9 Å². The molecule has 3 aromatic rings. The first kappa shape index (κ1) is 26.9. The molecule has 0 aliphatic rings. The van der Waals surface area contributed by atoms with Crippen LogP contribution in [0.4, 0.5) is 5.82 Å². The minimum atomic E-state index is -0.573. The van der Waals surface area contributed by atoms with Gasteiger partial charge < -0.3 is 18.9 Å². The molecule has 0 saturated carbocycles. The van der Waals surface area contributed by atoms with Crippen LogP contribution in [0.15, 0.2) is 9.59 Å². The highest BCUT2D eigenvalue weighted by atomic mass is 16.2. The van der Waals surface area contributed by atoms with E-state index in [1.165, 1.54) is 21.4 Å². The number of aromatic nitrogens is 6. The molecule has 0 aliphatic heterocycles. The van der Waals surface area contributed by atoms with Crippen LogP contribution in [0.1, 0.15) is 56.3 Å². The van der Waals surface area contributed by atoms with Crippen molar-refractivity contribution in [3.05, 3.63) is 38.2 Å². The Morgan fingerprint density at radius 1 is 0.861 bits per heavy atom. The summed E-state index contributed by atoms with van der Waals surface area (Å²) in [5.74, 6) is 1.30. The van der Waals surface area contributed by atoms with E-state index in [4.69, 9.17) is 9.97 Å². The summed E-state index contributed by atoms with van der Waals surface area (Å²) >= 11 is 0. The van der Waals surface area contributed by atoms with Gasteiger partial charge in [-0.25, -0.2) is 14.8 Å². The standard InChI is InChI=1S/C24H36N8O4/c1-23(2,20-25-16(28(7)13-33)14(29(20)8)18(34)27(5)6)12-24(3,4)21-26-17-15(30(21)9)19(35)32(11)22(36)31(17)10/h13H,12H2,1-11H3. The second-order valence-corrected chi connectivity index (χ2v) is 10.9. The van der Waals surface area contributed by atoms with Crippen LogP contribution in [0.3, 0.4) is 0 Å². The Labute approximate surface area is 209 Å². The lowest BCUT2D eigenvalue weighted by Crippen LogP contribution is -2.37. The van der Waals surface area contributed by atoms with Gasteiger partial charge in [0, 0.05) is 60.2 Å². The van der Waals surface area contributed by atoms with Crippen molar-refractivity contribution in [3.63, 3.8) is 0 Å². The number of imidazole rings is 2. The van der Waals surface area contributed by atoms with Gasteiger partial charge in [-0.05, 0) is 6.42 Å². The minimum Gasteiger partial charge on any atom is -0.343 e. The third-order valence-corrected chi connectivity index (χ3v) is 6.75. The lowest BCUT2D eigenvalue weighted by Gasteiger charge is -2.34. The summed E-state index contributed by atoms with van der Waals surface area (Å²) in [4.78, 5) is 62.0. The normalized spacial score (nSPS) is 12.3. The lowest BCUT2D eigenvalue weighted by molar-refractivity contribution is -0.107. The Morgan fingerprint density at radius 3 is 1.89 bits per heavy atom. The van der Waals surface area contributed by atoms with Crippen molar-refractivity contribution in [2.24, 2.45) is 28.2 Å². The molecule has 0 saturated heterocycles. The van der Waals surface area contributed by atoms with Crippen LogP contribution in [0.2, 0.25) is 0 Å². The van der Waals surface area contributed by atoms with Crippen molar-refractivity contribution in [2.75, 3.05) is 26.0 Å². The van der Waals surface area contributed by atoms with E-state index >= 15 is 0 Å². The third kappa shape index (κ3) is 4.03. The molecule has 36 heavy (non-hydrogen) atoms. The van der Waals surface area contributed by atoms with E-state index < -0.39 is 22.1 Å². The van der Waals surface area contributed by atoms with Gasteiger partial charge >= 0.3 is 5.69 Å². The van der Waals surface area contributed by atoms with Gasteiger partial charge in [0.1, 0.15) is 11.6 Å². The SMILES string of the molecule is CN(C)C(=O)c1c(N(C)C=O)nc(C(C)(C)CC(C)(C)c2nc3c(c(=O)n(C)c(=O)n3C)n2C)n1C. The van der Waals surface area contributed by atoms with Crippen molar-refractivity contribution in [3.8, 4) is 0 Å². The van der Waals surface area contributed by atoms with Gasteiger partial charge in [-0.3, -0.25) is 23.5 Å². The Morgan fingerprint density at radius 2 is 1.39 bits per heavy atom. The van der Waals surface area contributed by atoms with Crippen LogP contribution in [-0.2, 0) is 43.8 Å². The molecule has 0 atom stereocenters. The third-order valence-electron chi connectivity index (χ3n) is 6.75. The maximum absolute atomic E-state index is 13.0. The molecule has 0 aliphatic carbocycles. The molecule has 0 aromatic carbocycles. The first-order chi connectivity index (χ1) is 16.5. The van der Waals surface area contributed by atoms with Gasteiger partial charge in [0.15, 0.2) is 22.7 Å². The second-order valence-electron chi connectivity index (χ2n) is 10.9. The average molecular weight is 501 g/mol. The molecule has 12 nitrogen and oxygen atoms in total. The molecule has 0 spiro atoms. The Balaban J connectivity index is 2.17. The molecule has 196 valence electrons. The zero-order valence-corrected chi connectivity index (χ0v) is 23.0. The van der Waals surface area contributed by atoms with Crippen molar-refractivity contribution in [1.29, 1.82) is 0 Å². The number of fused-ring (bicyclic) bond motifs is 1. The van der Waals surface area contributed by atoms with Crippen LogP contribution in [-0.4, -0.2) is 66.6 Å². The van der Waals surface area contributed by atoms with E-state index in [-0.39, 0.29) is 11.7 Å². The van der Waals surface area contributed by atoms with Gasteiger partial charge in [-0.2, -0.15) is 0 Å².